The Balaban J connectivity index is 1.40. The van der Waals surface area contributed by atoms with E-state index in [1.165, 1.54) is 5.56 Å². The van der Waals surface area contributed by atoms with Crippen molar-refractivity contribution in [2.75, 3.05) is 18.4 Å². The predicted octanol–water partition coefficient (Wildman–Crippen LogP) is 4.99. The lowest BCUT2D eigenvalue weighted by Crippen LogP contribution is -2.42. The quantitative estimate of drug-likeness (QED) is 0.700. The fourth-order valence-corrected chi connectivity index (χ4v) is 3.68. The lowest BCUT2D eigenvalue weighted by atomic mass is 9.93. The van der Waals surface area contributed by atoms with E-state index in [1.54, 1.807) is 24.3 Å². The molecule has 0 aromatic heterocycles. The van der Waals surface area contributed by atoms with Gasteiger partial charge in [0.2, 0.25) is 5.91 Å². The van der Waals surface area contributed by atoms with E-state index in [2.05, 4.69) is 10.6 Å². The molecule has 1 aliphatic rings. The molecule has 0 aliphatic carbocycles. The van der Waals surface area contributed by atoms with Gasteiger partial charge in [-0.25, -0.2) is 4.79 Å². The second-order valence-electron chi connectivity index (χ2n) is 7.69. The second kappa shape index (κ2) is 10.3. The van der Waals surface area contributed by atoms with E-state index < -0.39 is 0 Å². The lowest BCUT2D eigenvalue weighted by Gasteiger charge is -2.32. The molecule has 1 aliphatic heterocycles. The lowest BCUT2D eigenvalue weighted by molar-refractivity contribution is -0.121. The largest absolute Gasteiger partial charge is 0.352 e. The molecule has 0 bridgehead atoms. The highest BCUT2D eigenvalue weighted by Gasteiger charge is 2.24. The molecule has 0 radical (unpaired) electrons. The van der Waals surface area contributed by atoms with Crippen LogP contribution in [0.25, 0.3) is 0 Å². The minimum absolute atomic E-state index is 0.0633. The highest BCUT2D eigenvalue weighted by atomic mass is 35.5. The molecule has 1 saturated heterocycles. The molecule has 1 fully saturated rings. The fraction of sp³-hybridized carbons (Fsp3) is 0.391. The van der Waals surface area contributed by atoms with Gasteiger partial charge >= 0.3 is 6.03 Å². The molecule has 154 valence electrons. The second-order valence-corrected chi connectivity index (χ2v) is 8.13. The van der Waals surface area contributed by atoms with Crippen molar-refractivity contribution in [3.63, 3.8) is 0 Å². The van der Waals surface area contributed by atoms with Crippen LogP contribution in [0.1, 0.15) is 36.8 Å². The van der Waals surface area contributed by atoms with Gasteiger partial charge in [0.1, 0.15) is 0 Å². The molecule has 1 unspecified atom stereocenters. The van der Waals surface area contributed by atoms with Crippen LogP contribution in [-0.4, -0.2) is 29.9 Å². The van der Waals surface area contributed by atoms with E-state index in [9.17, 15) is 9.59 Å². The van der Waals surface area contributed by atoms with Gasteiger partial charge in [0.15, 0.2) is 0 Å². The van der Waals surface area contributed by atoms with Crippen LogP contribution in [0, 0.1) is 12.8 Å². The Labute approximate surface area is 177 Å². The topological polar surface area (TPSA) is 61.4 Å². The molecule has 0 saturated carbocycles. The SMILES string of the molecule is Cc1ccc(CNC(=O)CCC2CCCN(C(=O)Nc3ccc(Cl)cc3)C2)cc1. The van der Waals surface area contributed by atoms with Gasteiger partial charge in [-0.2, -0.15) is 0 Å². The maximum atomic E-state index is 12.5. The summed E-state index contributed by atoms with van der Waals surface area (Å²) < 4.78 is 0. The summed E-state index contributed by atoms with van der Waals surface area (Å²) >= 11 is 5.88. The van der Waals surface area contributed by atoms with Crippen molar-refractivity contribution in [1.29, 1.82) is 0 Å². The number of urea groups is 1. The van der Waals surface area contributed by atoms with Gasteiger partial charge in [-0.15, -0.1) is 0 Å². The van der Waals surface area contributed by atoms with Crippen molar-refractivity contribution >= 4 is 29.2 Å². The summed E-state index contributed by atoms with van der Waals surface area (Å²) in [5.41, 5.74) is 3.05. The van der Waals surface area contributed by atoms with Crippen LogP contribution in [0.15, 0.2) is 48.5 Å². The summed E-state index contributed by atoms with van der Waals surface area (Å²) in [6, 6.07) is 15.2. The number of rotatable bonds is 6. The Kier molecular flexibility index (Phi) is 7.53. The number of aryl methyl sites for hydroxylation is 1. The number of piperidine rings is 1. The van der Waals surface area contributed by atoms with Crippen molar-refractivity contribution in [2.45, 2.75) is 39.2 Å². The molecule has 5 nitrogen and oxygen atoms in total. The van der Waals surface area contributed by atoms with Crippen LogP contribution in [0.2, 0.25) is 5.02 Å². The highest BCUT2D eigenvalue weighted by Crippen LogP contribution is 2.22. The van der Waals surface area contributed by atoms with Crippen molar-refractivity contribution < 1.29 is 9.59 Å². The van der Waals surface area contributed by atoms with E-state index in [4.69, 9.17) is 11.6 Å². The zero-order valence-electron chi connectivity index (χ0n) is 16.8. The first-order valence-corrected chi connectivity index (χ1v) is 10.5. The molecule has 2 aromatic carbocycles. The Morgan fingerprint density at radius 3 is 2.55 bits per heavy atom. The number of nitrogens with one attached hydrogen (secondary N) is 2. The Morgan fingerprint density at radius 1 is 1.10 bits per heavy atom. The minimum Gasteiger partial charge on any atom is -0.352 e. The first kappa shape index (κ1) is 21.2. The Hall–Kier alpha value is -2.53. The average molecular weight is 414 g/mol. The summed E-state index contributed by atoms with van der Waals surface area (Å²) in [6.07, 6.45) is 3.30. The van der Waals surface area contributed by atoms with Crippen LogP contribution in [0.5, 0.6) is 0 Å². The number of nitrogens with zero attached hydrogens (tertiary/aromatic N) is 1. The summed E-state index contributed by atoms with van der Waals surface area (Å²) in [6.45, 7) is 4.03. The Morgan fingerprint density at radius 2 is 1.83 bits per heavy atom. The van der Waals surface area contributed by atoms with E-state index in [1.807, 2.05) is 36.1 Å². The molecule has 0 spiro atoms. The normalized spacial score (nSPS) is 16.3. The third kappa shape index (κ3) is 6.79. The summed E-state index contributed by atoms with van der Waals surface area (Å²) in [4.78, 5) is 26.6. The fourth-order valence-electron chi connectivity index (χ4n) is 3.55. The molecular formula is C23H28ClN3O2. The van der Waals surface area contributed by atoms with Crippen molar-refractivity contribution in [3.05, 3.63) is 64.7 Å². The van der Waals surface area contributed by atoms with Gasteiger partial charge in [0.25, 0.3) is 0 Å². The van der Waals surface area contributed by atoms with Crippen molar-refractivity contribution in [1.82, 2.24) is 10.2 Å². The molecule has 1 heterocycles. The third-order valence-electron chi connectivity index (χ3n) is 5.29. The van der Waals surface area contributed by atoms with Crippen LogP contribution in [-0.2, 0) is 11.3 Å². The number of amides is 3. The van der Waals surface area contributed by atoms with E-state index in [-0.39, 0.29) is 11.9 Å². The van der Waals surface area contributed by atoms with Crippen molar-refractivity contribution in [3.8, 4) is 0 Å². The van der Waals surface area contributed by atoms with E-state index >= 15 is 0 Å². The zero-order valence-corrected chi connectivity index (χ0v) is 17.5. The molecule has 29 heavy (non-hydrogen) atoms. The Bertz CT molecular complexity index is 821. The minimum atomic E-state index is -0.0964. The number of carbonyl (C=O) groups is 2. The number of hydrogen-bond acceptors (Lipinski definition) is 2. The summed E-state index contributed by atoms with van der Waals surface area (Å²) in [5, 5.41) is 6.54. The van der Waals surface area contributed by atoms with Gasteiger partial charge in [-0.3, -0.25) is 4.79 Å². The smallest absolute Gasteiger partial charge is 0.321 e. The number of carbonyl (C=O) groups excluding carboxylic acids is 2. The van der Waals surface area contributed by atoms with Crippen LogP contribution < -0.4 is 10.6 Å². The molecular weight excluding hydrogens is 386 g/mol. The molecule has 1 atom stereocenters. The summed E-state index contributed by atoms with van der Waals surface area (Å²) in [7, 11) is 0. The summed E-state index contributed by atoms with van der Waals surface area (Å²) in [5.74, 6) is 0.415. The van der Waals surface area contributed by atoms with Gasteiger partial charge < -0.3 is 15.5 Å². The maximum absolute atomic E-state index is 12.5. The number of hydrogen-bond donors (Lipinski definition) is 2. The molecule has 3 amide bonds. The number of benzene rings is 2. The third-order valence-corrected chi connectivity index (χ3v) is 5.54. The maximum Gasteiger partial charge on any atom is 0.321 e. The van der Waals surface area contributed by atoms with Gasteiger partial charge in [-0.05, 0) is 61.9 Å². The highest BCUT2D eigenvalue weighted by molar-refractivity contribution is 6.30. The van der Waals surface area contributed by atoms with Crippen molar-refractivity contribution in [2.24, 2.45) is 5.92 Å². The number of likely N-dealkylation sites (tertiary alicyclic amines) is 1. The molecule has 6 heteroatoms. The van der Waals surface area contributed by atoms with E-state index in [0.29, 0.717) is 30.5 Å². The van der Waals surface area contributed by atoms with Gasteiger partial charge in [0.05, 0.1) is 0 Å². The standard InChI is InChI=1S/C23H28ClN3O2/c1-17-4-6-18(7-5-17)15-25-22(28)13-8-19-3-2-14-27(16-19)23(29)26-21-11-9-20(24)10-12-21/h4-7,9-12,19H,2-3,8,13-16H2,1H3,(H,25,28)(H,26,29). The predicted molar refractivity (Wildman–Crippen MR) is 117 cm³/mol. The van der Waals surface area contributed by atoms with Crippen LogP contribution in [0.3, 0.4) is 0 Å². The van der Waals surface area contributed by atoms with Gasteiger partial charge in [0, 0.05) is 36.8 Å². The first-order chi connectivity index (χ1) is 14.0. The zero-order chi connectivity index (χ0) is 20.6. The monoisotopic (exact) mass is 413 g/mol. The van der Waals surface area contributed by atoms with Crippen LogP contribution in [0.4, 0.5) is 10.5 Å². The number of halogens is 1. The van der Waals surface area contributed by atoms with E-state index in [0.717, 1.165) is 37.1 Å². The molecule has 3 rings (SSSR count). The van der Waals surface area contributed by atoms with Gasteiger partial charge in [-0.1, -0.05) is 41.4 Å². The molecule has 2 N–H and O–H groups in total. The van der Waals surface area contributed by atoms with Crippen LogP contribution >= 0.6 is 11.6 Å². The number of anilines is 1. The molecule has 2 aromatic rings. The first-order valence-electron chi connectivity index (χ1n) is 10.1. The average Bonchev–Trinajstić information content (AvgIpc) is 2.73.